The molecule has 0 radical (unpaired) electrons. The molecule has 2 rings (SSSR count). The lowest BCUT2D eigenvalue weighted by atomic mass is 10.2. The number of rotatable bonds is 7. The minimum Gasteiger partial charge on any atom is -0.493 e. The van der Waals surface area contributed by atoms with Crippen LogP contribution in [-0.4, -0.2) is 36.1 Å². The van der Waals surface area contributed by atoms with E-state index in [-0.39, 0.29) is 0 Å². The lowest BCUT2D eigenvalue weighted by Gasteiger charge is -2.13. The van der Waals surface area contributed by atoms with E-state index in [0.717, 1.165) is 30.8 Å². The van der Waals surface area contributed by atoms with Gasteiger partial charge >= 0.3 is 0 Å². The fraction of sp³-hybridized carbons (Fsp3) is 0.467. The maximum absolute atomic E-state index is 5.35. The molecule has 0 saturated carbocycles. The molecule has 0 aliphatic carbocycles. The Labute approximate surface area is 124 Å². The monoisotopic (exact) mass is 291 g/mol. The molecule has 1 aromatic carbocycles. The van der Waals surface area contributed by atoms with Crippen LogP contribution in [0.3, 0.4) is 0 Å². The number of ether oxygens (including phenoxy) is 3. The first-order valence-corrected chi connectivity index (χ1v) is 6.94. The summed E-state index contributed by atoms with van der Waals surface area (Å²) in [5.74, 6) is 2.59. The normalized spacial score (nSPS) is 10.5. The zero-order valence-electron chi connectivity index (χ0n) is 12.9. The van der Waals surface area contributed by atoms with E-state index < -0.39 is 0 Å². The smallest absolute Gasteiger partial charge is 0.203 e. The minimum absolute atomic E-state index is 0.565. The number of hydrogen-bond acceptors (Lipinski definition) is 5. The van der Waals surface area contributed by atoms with E-state index in [1.165, 1.54) is 0 Å². The highest BCUT2D eigenvalue weighted by atomic mass is 16.5. The Hall–Kier alpha value is -2.24. The van der Waals surface area contributed by atoms with Crippen LogP contribution in [0.5, 0.6) is 17.2 Å². The van der Waals surface area contributed by atoms with Gasteiger partial charge in [0.25, 0.3) is 0 Å². The molecule has 0 N–H and O–H groups in total. The molecular weight excluding hydrogens is 270 g/mol. The van der Waals surface area contributed by atoms with E-state index in [2.05, 4.69) is 17.0 Å². The van der Waals surface area contributed by atoms with Gasteiger partial charge in [0.1, 0.15) is 6.33 Å². The lowest BCUT2D eigenvalue weighted by Crippen LogP contribution is -2.01. The van der Waals surface area contributed by atoms with Crippen LogP contribution in [0.2, 0.25) is 0 Å². The van der Waals surface area contributed by atoms with Crippen LogP contribution in [0.4, 0.5) is 0 Å². The van der Waals surface area contributed by atoms with Crippen molar-refractivity contribution in [3.05, 3.63) is 24.3 Å². The largest absolute Gasteiger partial charge is 0.493 e. The van der Waals surface area contributed by atoms with Gasteiger partial charge in [-0.3, -0.25) is 0 Å². The first-order valence-electron chi connectivity index (χ1n) is 6.94. The molecule has 0 atom stereocenters. The predicted molar refractivity (Wildman–Crippen MR) is 79.6 cm³/mol. The first kappa shape index (κ1) is 15.2. The molecule has 0 bridgehead atoms. The Morgan fingerprint density at radius 1 is 1.05 bits per heavy atom. The third kappa shape index (κ3) is 3.26. The molecule has 0 spiro atoms. The van der Waals surface area contributed by atoms with Crippen molar-refractivity contribution in [1.82, 2.24) is 14.8 Å². The van der Waals surface area contributed by atoms with E-state index in [1.54, 1.807) is 32.3 Å². The molecule has 1 heterocycles. The summed E-state index contributed by atoms with van der Waals surface area (Å²) in [5, 5.41) is 4.48. The van der Waals surface area contributed by atoms with Gasteiger partial charge < -0.3 is 14.2 Å². The Morgan fingerprint density at radius 2 is 1.71 bits per heavy atom. The fourth-order valence-electron chi connectivity index (χ4n) is 2.07. The molecule has 0 unspecified atom stereocenters. The Bertz CT molecular complexity index is 571. The van der Waals surface area contributed by atoms with Crippen LogP contribution in [0, 0.1) is 0 Å². The zero-order chi connectivity index (χ0) is 15.2. The average Bonchev–Trinajstić information content (AvgIpc) is 3.00. The molecule has 6 nitrogen and oxygen atoms in total. The average molecular weight is 291 g/mol. The standard InChI is InChI=1S/C15H21N3O3/c1-5-6-7-14-16-10-18(17-14)11-8-12(19-2)15(21-4)13(9-11)20-3/h8-10H,5-7H2,1-4H3. The van der Waals surface area contributed by atoms with Crippen molar-refractivity contribution < 1.29 is 14.2 Å². The summed E-state index contributed by atoms with van der Waals surface area (Å²) in [7, 11) is 4.77. The summed E-state index contributed by atoms with van der Waals surface area (Å²) >= 11 is 0. The van der Waals surface area contributed by atoms with Crippen molar-refractivity contribution in [2.45, 2.75) is 26.2 Å². The molecule has 0 amide bonds. The van der Waals surface area contributed by atoms with Crippen LogP contribution in [0.15, 0.2) is 18.5 Å². The van der Waals surface area contributed by atoms with E-state index >= 15 is 0 Å². The van der Waals surface area contributed by atoms with Gasteiger partial charge in [-0.15, -0.1) is 0 Å². The molecule has 0 aliphatic heterocycles. The third-order valence-electron chi connectivity index (χ3n) is 3.21. The lowest BCUT2D eigenvalue weighted by molar-refractivity contribution is 0.324. The SMILES string of the molecule is CCCCc1ncn(-c2cc(OC)c(OC)c(OC)c2)n1. The topological polar surface area (TPSA) is 58.4 Å². The zero-order valence-corrected chi connectivity index (χ0v) is 12.9. The quantitative estimate of drug-likeness (QED) is 0.785. The van der Waals surface area contributed by atoms with Gasteiger partial charge in [-0.2, -0.15) is 5.10 Å². The van der Waals surface area contributed by atoms with E-state index in [1.807, 2.05) is 12.1 Å². The van der Waals surface area contributed by atoms with Crippen molar-refractivity contribution in [2.24, 2.45) is 0 Å². The summed E-state index contributed by atoms with van der Waals surface area (Å²) < 4.78 is 17.7. The molecule has 114 valence electrons. The van der Waals surface area contributed by atoms with Crippen LogP contribution < -0.4 is 14.2 Å². The van der Waals surface area contributed by atoms with Crippen LogP contribution in [0.1, 0.15) is 25.6 Å². The first-order chi connectivity index (χ1) is 10.2. The van der Waals surface area contributed by atoms with Gasteiger partial charge in [0.05, 0.1) is 27.0 Å². The van der Waals surface area contributed by atoms with Gasteiger partial charge in [0.2, 0.25) is 5.75 Å². The van der Waals surface area contributed by atoms with Crippen LogP contribution in [-0.2, 0) is 6.42 Å². The molecule has 0 fully saturated rings. The molecule has 21 heavy (non-hydrogen) atoms. The summed E-state index contributed by atoms with van der Waals surface area (Å²) in [4.78, 5) is 4.32. The van der Waals surface area contributed by atoms with Gasteiger partial charge in [-0.25, -0.2) is 9.67 Å². The summed E-state index contributed by atoms with van der Waals surface area (Å²) in [6.07, 6.45) is 4.79. The number of nitrogens with zero attached hydrogens (tertiary/aromatic N) is 3. The number of unbranched alkanes of at least 4 members (excludes halogenated alkanes) is 1. The molecule has 0 saturated heterocycles. The second kappa shape index (κ2) is 6.97. The second-order valence-corrected chi connectivity index (χ2v) is 4.59. The number of aromatic nitrogens is 3. The number of benzene rings is 1. The molecule has 2 aromatic rings. The molecular formula is C15H21N3O3. The summed E-state index contributed by atoms with van der Waals surface area (Å²) in [6.45, 7) is 2.15. The van der Waals surface area contributed by atoms with Gasteiger partial charge in [0.15, 0.2) is 17.3 Å². The molecule has 1 aromatic heterocycles. The Kier molecular flexibility index (Phi) is 5.03. The highest BCUT2D eigenvalue weighted by Crippen LogP contribution is 2.39. The van der Waals surface area contributed by atoms with Gasteiger partial charge in [0, 0.05) is 18.6 Å². The number of aryl methyl sites for hydroxylation is 1. The predicted octanol–water partition coefficient (Wildman–Crippen LogP) is 2.64. The van der Waals surface area contributed by atoms with E-state index in [4.69, 9.17) is 14.2 Å². The highest BCUT2D eigenvalue weighted by Gasteiger charge is 2.14. The van der Waals surface area contributed by atoms with Gasteiger partial charge in [-0.05, 0) is 6.42 Å². The van der Waals surface area contributed by atoms with Crippen molar-refractivity contribution in [3.8, 4) is 22.9 Å². The summed E-state index contributed by atoms with van der Waals surface area (Å²) in [6, 6.07) is 3.69. The van der Waals surface area contributed by atoms with E-state index in [9.17, 15) is 0 Å². The minimum atomic E-state index is 0.565. The maximum atomic E-state index is 5.35. The van der Waals surface area contributed by atoms with Crippen LogP contribution >= 0.6 is 0 Å². The maximum Gasteiger partial charge on any atom is 0.203 e. The fourth-order valence-corrected chi connectivity index (χ4v) is 2.07. The highest BCUT2D eigenvalue weighted by molar-refractivity contribution is 5.57. The summed E-state index contributed by atoms with van der Waals surface area (Å²) in [5.41, 5.74) is 0.819. The number of methoxy groups -OCH3 is 3. The van der Waals surface area contributed by atoms with E-state index in [0.29, 0.717) is 17.2 Å². The van der Waals surface area contributed by atoms with Crippen molar-refractivity contribution in [1.29, 1.82) is 0 Å². The molecule has 6 heteroatoms. The second-order valence-electron chi connectivity index (χ2n) is 4.59. The van der Waals surface area contributed by atoms with Crippen molar-refractivity contribution in [3.63, 3.8) is 0 Å². The molecule has 0 aliphatic rings. The van der Waals surface area contributed by atoms with Crippen molar-refractivity contribution >= 4 is 0 Å². The van der Waals surface area contributed by atoms with Crippen molar-refractivity contribution in [2.75, 3.05) is 21.3 Å². The van der Waals surface area contributed by atoms with Crippen LogP contribution in [0.25, 0.3) is 5.69 Å². The third-order valence-corrected chi connectivity index (χ3v) is 3.21. The van der Waals surface area contributed by atoms with Gasteiger partial charge in [-0.1, -0.05) is 13.3 Å². The Morgan fingerprint density at radius 3 is 2.24 bits per heavy atom. The number of hydrogen-bond donors (Lipinski definition) is 0. The Balaban J connectivity index is 2.37.